The zero-order valence-electron chi connectivity index (χ0n) is 11.1. The average molecular weight is 246 g/mol. The maximum Gasteiger partial charge on any atom is 0.225 e. The van der Waals surface area contributed by atoms with Crippen molar-refractivity contribution < 1.29 is 0 Å². The van der Waals surface area contributed by atoms with Gasteiger partial charge in [0.25, 0.3) is 0 Å². The Morgan fingerprint density at radius 3 is 2.83 bits per heavy atom. The molecule has 4 heteroatoms. The summed E-state index contributed by atoms with van der Waals surface area (Å²) in [5, 5.41) is 6.65. The van der Waals surface area contributed by atoms with Gasteiger partial charge in [-0.05, 0) is 19.8 Å². The lowest BCUT2D eigenvalue weighted by molar-refractivity contribution is 0.462. The second kappa shape index (κ2) is 6.38. The Labute approximate surface area is 109 Å². The Kier molecular flexibility index (Phi) is 4.56. The Balaban J connectivity index is 2.01. The quantitative estimate of drug-likeness (QED) is 0.784. The molecule has 0 saturated heterocycles. The Bertz CT molecular complexity index is 397. The van der Waals surface area contributed by atoms with E-state index in [1.54, 1.807) is 6.08 Å². The van der Waals surface area contributed by atoms with Crippen LogP contribution in [0.4, 0.5) is 11.8 Å². The lowest BCUT2D eigenvalue weighted by Crippen LogP contribution is -2.23. The van der Waals surface area contributed by atoms with E-state index in [4.69, 9.17) is 0 Å². The van der Waals surface area contributed by atoms with Gasteiger partial charge in [-0.15, -0.1) is 6.58 Å². The summed E-state index contributed by atoms with van der Waals surface area (Å²) in [7, 11) is 0. The van der Waals surface area contributed by atoms with E-state index in [0.717, 1.165) is 11.5 Å². The summed E-state index contributed by atoms with van der Waals surface area (Å²) in [6.45, 7) is 6.36. The van der Waals surface area contributed by atoms with E-state index >= 15 is 0 Å². The Morgan fingerprint density at radius 1 is 1.33 bits per heavy atom. The molecule has 1 fully saturated rings. The second-order valence-corrected chi connectivity index (χ2v) is 4.87. The summed E-state index contributed by atoms with van der Waals surface area (Å²) in [6, 6.07) is 2.58. The molecule has 4 nitrogen and oxygen atoms in total. The molecule has 0 bridgehead atoms. The molecule has 2 rings (SSSR count). The average Bonchev–Trinajstić information content (AvgIpc) is 2.37. The highest BCUT2D eigenvalue weighted by atomic mass is 15.1. The SMILES string of the molecule is C=CCNc1nc(C)cc(NC2CCCCC2)n1. The van der Waals surface area contributed by atoms with Crippen molar-refractivity contribution in [1.82, 2.24) is 9.97 Å². The van der Waals surface area contributed by atoms with Crippen LogP contribution in [0.15, 0.2) is 18.7 Å². The van der Waals surface area contributed by atoms with Crippen LogP contribution in [0.2, 0.25) is 0 Å². The molecule has 0 atom stereocenters. The van der Waals surface area contributed by atoms with Crippen molar-refractivity contribution in [3.05, 3.63) is 24.4 Å². The van der Waals surface area contributed by atoms with Crippen molar-refractivity contribution >= 4 is 11.8 Å². The van der Waals surface area contributed by atoms with Crippen LogP contribution in [0, 0.1) is 6.92 Å². The fraction of sp³-hybridized carbons (Fsp3) is 0.571. The predicted molar refractivity (Wildman–Crippen MR) is 76.0 cm³/mol. The largest absolute Gasteiger partial charge is 0.367 e. The van der Waals surface area contributed by atoms with Gasteiger partial charge >= 0.3 is 0 Å². The molecule has 1 saturated carbocycles. The Morgan fingerprint density at radius 2 is 2.11 bits per heavy atom. The minimum absolute atomic E-state index is 0.570. The van der Waals surface area contributed by atoms with E-state index in [1.165, 1.54) is 32.1 Å². The van der Waals surface area contributed by atoms with Gasteiger partial charge in [0, 0.05) is 24.3 Å². The molecule has 1 aliphatic rings. The molecule has 1 heterocycles. The minimum Gasteiger partial charge on any atom is -0.367 e. The van der Waals surface area contributed by atoms with Gasteiger partial charge in [0.2, 0.25) is 5.95 Å². The van der Waals surface area contributed by atoms with Crippen molar-refractivity contribution in [3.8, 4) is 0 Å². The van der Waals surface area contributed by atoms with Crippen LogP contribution in [0.3, 0.4) is 0 Å². The van der Waals surface area contributed by atoms with E-state index in [2.05, 4.69) is 27.2 Å². The molecule has 0 unspecified atom stereocenters. The van der Waals surface area contributed by atoms with Crippen molar-refractivity contribution in [2.75, 3.05) is 17.2 Å². The van der Waals surface area contributed by atoms with Crippen LogP contribution in [-0.2, 0) is 0 Å². The molecule has 1 aliphatic carbocycles. The fourth-order valence-corrected chi connectivity index (χ4v) is 2.34. The van der Waals surface area contributed by atoms with E-state index in [1.807, 2.05) is 13.0 Å². The van der Waals surface area contributed by atoms with Crippen LogP contribution >= 0.6 is 0 Å². The maximum absolute atomic E-state index is 4.48. The number of aromatic nitrogens is 2. The highest BCUT2D eigenvalue weighted by Crippen LogP contribution is 2.21. The highest BCUT2D eigenvalue weighted by molar-refractivity contribution is 5.43. The van der Waals surface area contributed by atoms with Gasteiger partial charge in [-0.25, -0.2) is 4.98 Å². The third kappa shape index (κ3) is 3.72. The molecule has 0 radical (unpaired) electrons. The molecule has 0 aliphatic heterocycles. The molecule has 98 valence electrons. The van der Waals surface area contributed by atoms with Crippen LogP contribution in [-0.4, -0.2) is 22.6 Å². The number of nitrogens with one attached hydrogen (secondary N) is 2. The van der Waals surface area contributed by atoms with Crippen LogP contribution < -0.4 is 10.6 Å². The Hall–Kier alpha value is -1.58. The number of nitrogens with zero attached hydrogens (tertiary/aromatic N) is 2. The van der Waals surface area contributed by atoms with Gasteiger partial charge < -0.3 is 10.6 Å². The summed E-state index contributed by atoms with van der Waals surface area (Å²) in [4.78, 5) is 8.84. The molecule has 1 aromatic heterocycles. The smallest absolute Gasteiger partial charge is 0.225 e. The molecule has 0 amide bonds. The van der Waals surface area contributed by atoms with Gasteiger partial charge in [-0.3, -0.25) is 0 Å². The molecular formula is C14H22N4. The lowest BCUT2D eigenvalue weighted by atomic mass is 9.95. The second-order valence-electron chi connectivity index (χ2n) is 4.87. The van der Waals surface area contributed by atoms with Gasteiger partial charge in [0.1, 0.15) is 5.82 Å². The van der Waals surface area contributed by atoms with E-state index in [-0.39, 0.29) is 0 Å². The van der Waals surface area contributed by atoms with Gasteiger partial charge in [0.15, 0.2) is 0 Å². The van der Waals surface area contributed by atoms with Crippen molar-refractivity contribution in [3.63, 3.8) is 0 Å². The molecule has 0 spiro atoms. The van der Waals surface area contributed by atoms with Crippen LogP contribution in [0.1, 0.15) is 37.8 Å². The summed E-state index contributed by atoms with van der Waals surface area (Å²) in [5.74, 6) is 1.61. The number of hydrogen-bond donors (Lipinski definition) is 2. The van der Waals surface area contributed by atoms with E-state index in [9.17, 15) is 0 Å². The normalized spacial score (nSPS) is 16.3. The highest BCUT2D eigenvalue weighted by Gasteiger charge is 2.14. The maximum atomic E-state index is 4.48. The van der Waals surface area contributed by atoms with Crippen LogP contribution in [0.25, 0.3) is 0 Å². The monoisotopic (exact) mass is 246 g/mol. The van der Waals surface area contributed by atoms with E-state index < -0.39 is 0 Å². The van der Waals surface area contributed by atoms with Crippen molar-refractivity contribution in [2.24, 2.45) is 0 Å². The van der Waals surface area contributed by atoms with Gasteiger partial charge in [0.05, 0.1) is 0 Å². The van der Waals surface area contributed by atoms with Gasteiger partial charge in [-0.2, -0.15) is 4.98 Å². The summed E-state index contributed by atoms with van der Waals surface area (Å²) >= 11 is 0. The molecule has 1 aromatic rings. The zero-order chi connectivity index (χ0) is 12.8. The first-order valence-corrected chi connectivity index (χ1v) is 6.75. The zero-order valence-corrected chi connectivity index (χ0v) is 11.1. The van der Waals surface area contributed by atoms with Crippen LogP contribution in [0.5, 0.6) is 0 Å². The topological polar surface area (TPSA) is 49.8 Å². The van der Waals surface area contributed by atoms with Gasteiger partial charge in [-0.1, -0.05) is 25.3 Å². The lowest BCUT2D eigenvalue weighted by Gasteiger charge is -2.23. The van der Waals surface area contributed by atoms with E-state index in [0.29, 0.717) is 18.5 Å². The first kappa shape index (κ1) is 12.9. The third-order valence-corrected chi connectivity index (χ3v) is 3.22. The number of rotatable bonds is 5. The standard InChI is InChI=1S/C14H22N4/c1-3-9-15-14-16-11(2)10-13(18-14)17-12-7-5-4-6-8-12/h3,10,12H,1,4-9H2,2H3,(H2,15,16,17,18). The third-order valence-electron chi connectivity index (χ3n) is 3.22. The molecule has 18 heavy (non-hydrogen) atoms. The predicted octanol–water partition coefficient (Wildman–Crippen LogP) is 3.13. The summed E-state index contributed by atoms with van der Waals surface area (Å²) in [5.41, 5.74) is 0.981. The number of hydrogen-bond acceptors (Lipinski definition) is 4. The number of anilines is 2. The summed E-state index contributed by atoms with van der Waals surface area (Å²) < 4.78 is 0. The molecule has 0 aromatic carbocycles. The molecule has 2 N–H and O–H groups in total. The van der Waals surface area contributed by atoms with Crippen molar-refractivity contribution in [2.45, 2.75) is 45.1 Å². The van der Waals surface area contributed by atoms with Crippen molar-refractivity contribution in [1.29, 1.82) is 0 Å². The first-order valence-electron chi connectivity index (χ1n) is 6.75. The molecular weight excluding hydrogens is 224 g/mol. The first-order chi connectivity index (χ1) is 8.78. The summed E-state index contributed by atoms with van der Waals surface area (Å²) in [6.07, 6.45) is 8.32. The fourth-order valence-electron chi connectivity index (χ4n) is 2.34. The minimum atomic E-state index is 0.570. The number of aryl methyl sites for hydroxylation is 1.